The molecule has 8 heteroatoms. The molecular formula is C32H30FN3O3U. The fraction of sp³-hybridized carbons (Fsp3) is 0.188. The van der Waals surface area contributed by atoms with Crippen molar-refractivity contribution >= 4 is 23.1 Å². The molecule has 4 rings (SSSR count). The van der Waals surface area contributed by atoms with Crippen molar-refractivity contribution in [3.05, 3.63) is 119 Å². The molecule has 0 radical (unpaired) electrons. The zero-order valence-electron chi connectivity index (χ0n) is 22.6. The van der Waals surface area contributed by atoms with Gasteiger partial charge in [-0.05, 0) is 48.9 Å². The van der Waals surface area contributed by atoms with Gasteiger partial charge in [0.15, 0.2) is 0 Å². The van der Waals surface area contributed by atoms with Gasteiger partial charge in [-0.15, -0.1) is 34.9 Å². The molecule has 0 aliphatic rings. The maximum Gasteiger partial charge on any atom is 2.00 e. The first-order valence-electron chi connectivity index (χ1n) is 12.7. The molecule has 4 aromatic rings. The molecule has 2 amide bonds. The Balaban J connectivity index is 0.00000441. The molecule has 0 aliphatic carbocycles. The van der Waals surface area contributed by atoms with Gasteiger partial charge in [0, 0.05) is 17.8 Å². The van der Waals surface area contributed by atoms with Crippen LogP contribution in [-0.4, -0.2) is 25.4 Å². The van der Waals surface area contributed by atoms with E-state index in [0.717, 1.165) is 22.6 Å². The number of hydrogen-bond donors (Lipinski definition) is 3. The molecule has 40 heavy (non-hydrogen) atoms. The van der Waals surface area contributed by atoms with Gasteiger partial charge in [-0.2, -0.15) is 24.3 Å². The van der Waals surface area contributed by atoms with Gasteiger partial charge in [0.1, 0.15) is 17.5 Å². The van der Waals surface area contributed by atoms with Crippen LogP contribution in [0.15, 0.2) is 83.5 Å². The molecule has 0 fully saturated rings. The Morgan fingerprint density at radius 2 is 1.80 bits per heavy atom. The van der Waals surface area contributed by atoms with Crippen molar-refractivity contribution in [2.75, 3.05) is 18.9 Å². The van der Waals surface area contributed by atoms with Gasteiger partial charge in [0.25, 0.3) is 5.91 Å². The minimum absolute atomic E-state index is 0. The fourth-order valence-corrected chi connectivity index (χ4v) is 3.87. The number of anilines is 1. The average molecular weight is 762 g/mol. The van der Waals surface area contributed by atoms with Gasteiger partial charge in [0.05, 0.1) is 12.8 Å². The summed E-state index contributed by atoms with van der Waals surface area (Å²) in [6.45, 7) is 5.08. The van der Waals surface area contributed by atoms with Crippen LogP contribution >= 0.6 is 0 Å². The second kappa shape index (κ2) is 14.7. The van der Waals surface area contributed by atoms with Crippen LogP contribution in [0, 0.1) is 55.0 Å². The Hall–Kier alpha value is -3.60. The Morgan fingerprint density at radius 1 is 1.02 bits per heavy atom. The number of rotatable bonds is 10. The number of hydrogen-bond acceptors (Lipinski definition) is 4. The fourth-order valence-electron chi connectivity index (χ4n) is 3.87. The zero-order valence-corrected chi connectivity index (χ0v) is 26.8. The van der Waals surface area contributed by atoms with Crippen LogP contribution in [0.25, 0.3) is 16.7 Å². The van der Waals surface area contributed by atoms with E-state index in [0.29, 0.717) is 35.7 Å². The van der Waals surface area contributed by atoms with E-state index in [9.17, 15) is 14.0 Å². The van der Waals surface area contributed by atoms with Crippen LogP contribution in [0.3, 0.4) is 0 Å². The van der Waals surface area contributed by atoms with Crippen LogP contribution in [0.4, 0.5) is 10.1 Å². The van der Waals surface area contributed by atoms with Gasteiger partial charge in [-0.1, -0.05) is 26.0 Å². The summed E-state index contributed by atoms with van der Waals surface area (Å²) in [6.07, 6.45) is 4.69. The topological polar surface area (TPSA) is 83.4 Å². The molecule has 3 N–H and O–H groups in total. The molecule has 0 saturated heterocycles. The van der Waals surface area contributed by atoms with Gasteiger partial charge in [-0.3, -0.25) is 4.79 Å². The third-order valence-electron chi connectivity index (χ3n) is 5.88. The van der Waals surface area contributed by atoms with E-state index in [1.807, 2.05) is 50.2 Å². The summed E-state index contributed by atoms with van der Waals surface area (Å²) >= 11 is 0. The van der Waals surface area contributed by atoms with E-state index >= 15 is 0 Å². The van der Waals surface area contributed by atoms with Gasteiger partial charge in [-0.25, -0.2) is 9.95 Å². The quantitative estimate of drug-likeness (QED) is 0.108. The zero-order chi connectivity index (χ0) is 27.8. The molecule has 1 heterocycles. The number of benzene rings is 3. The van der Waals surface area contributed by atoms with Crippen molar-refractivity contribution < 1.29 is 49.5 Å². The number of carbonyl (C=O) groups excluding carboxylic acids is 2. The summed E-state index contributed by atoms with van der Waals surface area (Å²) in [5.41, 5.74) is 4.14. The average Bonchev–Trinajstić information content (AvgIpc) is 3.48. The molecule has 0 unspecified atom stereocenters. The number of furan rings is 1. The van der Waals surface area contributed by atoms with Gasteiger partial charge >= 0.3 is 31.1 Å². The largest absolute Gasteiger partial charge is 2.00 e. The molecular weight excluding hydrogens is 731 g/mol. The molecule has 0 bridgehead atoms. The molecule has 0 aliphatic heterocycles. The molecule has 0 spiro atoms. The number of likely N-dealkylation sites (N-methyl/N-ethyl adjacent to an activating group) is 1. The van der Waals surface area contributed by atoms with E-state index in [4.69, 9.17) is 4.42 Å². The Bertz CT molecular complexity index is 1470. The van der Waals surface area contributed by atoms with Crippen LogP contribution in [0.2, 0.25) is 0 Å². The summed E-state index contributed by atoms with van der Waals surface area (Å²) < 4.78 is 18.8. The first-order valence-corrected chi connectivity index (χ1v) is 12.7. The predicted molar refractivity (Wildman–Crippen MR) is 150 cm³/mol. The Kier molecular flexibility index (Phi) is 11.4. The molecule has 6 nitrogen and oxygen atoms in total. The smallest absolute Gasteiger partial charge is 0.467 e. The summed E-state index contributed by atoms with van der Waals surface area (Å²) in [5, 5.41) is 8.93. The summed E-state index contributed by atoms with van der Waals surface area (Å²) in [5.74, 6) is 0.178. The van der Waals surface area contributed by atoms with Crippen molar-refractivity contribution in [1.82, 2.24) is 10.6 Å². The minimum Gasteiger partial charge on any atom is -0.467 e. The first-order chi connectivity index (χ1) is 18.8. The third kappa shape index (κ3) is 8.45. The SMILES string of the molecule is CNC(=O)C(=[C-]c1ccc(F)cc1)c1[c-]ccc(-c2cc(NCc3ccco3)cc(C(=O)NCC(C)C)c2)c1.[U+2]. The van der Waals surface area contributed by atoms with Crippen molar-refractivity contribution in [1.29, 1.82) is 0 Å². The molecule has 1 aromatic heterocycles. The van der Waals surface area contributed by atoms with E-state index < -0.39 is 0 Å². The van der Waals surface area contributed by atoms with E-state index in [2.05, 4.69) is 28.1 Å². The standard InChI is InChI=1S/C32H30FN3O3.U/c1-21(2)19-36-31(37)26-16-25(17-28(18-26)35-20-29-8-5-13-39-29)23-6-4-7-24(15-23)30(32(38)34-3)14-22-9-11-27(33)12-10-22;/h4-6,8-13,15-18,21,35H,19-20H2,1-3H3,(H,34,38)(H,36,37);/q-2;+2. The molecule has 0 saturated carbocycles. The van der Waals surface area contributed by atoms with Crippen molar-refractivity contribution in [3.8, 4) is 11.1 Å². The third-order valence-corrected chi connectivity index (χ3v) is 5.88. The summed E-state index contributed by atoms with van der Waals surface area (Å²) in [4.78, 5) is 25.8. The van der Waals surface area contributed by atoms with Gasteiger partial charge in [0.2, 0.25) is 0 Å². The van der Waals surface area contributed by atoms with Crippen molar-refractivity contribution in [3.63, 3.8) is 0 Å². The maximum absolute atomic E-state index is 13.4. The number of carbonyl (C=O) groups is 2. The molecule has 202 valence electrons. The summed E-state index contributed by atoms with van der Waals surface area (Å²) in [7, 11) is 1.54. The molecule has 0 atom stereocenters. The second-order valence-corrected chi connectivity index (χ2v) is 9.41. The van der Waals surface area contributed by atoms with Crippen LogP contribution in [0.5, 0.6) is 0 Å². The number of nitrogens with one attached hydrogen (secondary N) is 3. The van der Waals surface area contributed by atoms with Crippen LogP contribution in [0.1, 0.15) is 41.1 Å². The molecule has 3 aromatic carbocycles. The van der Waals surface area contributed by atoms with Crippen molar-refractivity contribution in [2.45, 2.75) is 20.4 Å². The van der Waals surface area contributed by atoms with E-state index in [1.54, 1.807) is 30.5 Å². The number of amides is 2. The van der Waals surface area contributed by atoms with E-state index in [1.165, 1.54) is 19.2 Å². The maximum atomic E-state index is 13.4. The summed E-state index contributed by atoms with van der Waals surface area (Å²) in [6, 6.07) is 23.5. The normalized spacial score (nSPS) is 11.1. The van der Waals surface area contributed by atoms with Gasteiger partial charge < -0.3 is 25.2 Å². The first kappa shape index (κ1) is 30.9. The van der Waals surface area contributed by atoms with Crippen molar-refractivity contribution in [2.24, 2.45) is 5.92 Å². The monoisotopic (exact) mass is 761 g/mol. The Labute approximate surface area is 257 Å². The van der Waals surface area contributed by atoms with Crippen LogP contribution in [-0.2, 0) is 11.3 Å². The minimum atomic E-state index is -0.371. The Morgan fingerprint density at radius 3 is 2.48 bits per heavy atom. The number of halogens is 1. The predicted octanol–water partition coefficient (Wildman–Crippen LogP) is 5.86. The second-order valence-electron chi connectivity index (χ2n) is 9.41. The van der Waals surface area contributed by atoms with E-state index in [-0.39, 0.29) is 54.3 Å². The van der Waals surface area contributed by atoms with Crippen LogP contribution < -0.4 is 16.0 Å².